The van der Waals surface area contributed by atoms with E-state index in [-0.39, 0.29) is 33.7 Å². The van der Waals surface area contributed by atoms with Crippen molar-refractivity contribution in [1.29, 1.82) is 0 Å². The van der Waals surface area contributed by atoms with Crippen molar-refractivity contribution in [3.05, 3.63) is 68.2 Å². The lowest BCUT2D eigenvalue weighted by molar-refractivity contribution is -0.383. The van der Waals surface area contributed by atoms with Crippen LogP contribution in [0.4, 0.5) is 11.4 Å². The number of benzene rings is 2. The number of nitrogens with one attached hydrogen (secondary N) is 1. The SMILES string of the molecule is O=C(Cc1ccccc1)Nc1cc(Cl)c(Cl)cc1[N+](=O)[O-]. The van der Waals surface area contributed by atoms with Crippen molar-refractivity contribution in [2.75, 3.05) is 5.32 Å². The lowest BCUT2D eigenvalue weighted by Crippen LogP contribution is -2.15. The number of nitro benzene ring substituents is 1. The van der Waals surface area contributed by atoms with Gasteiger partial charge in [0.1, 0.15) is 5.69 Å². The molecule has 0 spiro atoms. The molecule has 0 heterocycles. The smallest absolute Gasteiger partial charge is 0.294 e. The Hall–Kier alpha value is -2.11. The summed E-state index contributed by atoms with van der Waals surface area (Å²) in [6.07, 6.45) is 0.109. The highest BCUT2D eigenvalue weighted by Crippen LogP contribution is 2.34. The Morgan fingerprint density at radius 1 is 1.14 bits per heavy atom. The molecule has 2 rings (SSSR count). The maximum absolute atomic E-state index is 11.9. The Bertz CT molecular complexity index is 690. The third kappa shape index (κ3) is 3.93. The van der Waals surface area contributed by atoms with E-state index in [0.29, 0.717) is 0 Å². The highest BCUT2D eigenvalue weighted by Gasteiger charge is 2.18. The highest BCUT2D eigenvalue weighted by atomic mass is 35.5. The van der Waals surface area contributed by atoms with Crippen LogP contribution >= 0.6 is 23.2 Å². The first-order valence-corrected chi connectivity index (χ1v) is 6.70. The van der Waals surface area contributed by atoms with Crippen LogP contribution in [0.2, 0.25) is 10.0 Å². The summed E-state index contributed by atoms with van der Waals surface area (Å²) in [5.74, 6) is -0.373. The van der Waals surface area contributed by atoms with Gasteiger partial charge in [0.2, 0.25) is 5.91 Å². The fraction of sp³-hybridized carbons (Fsp3) is 0.0714. The van der Waals surface area contributed by atoms with Crippen molar-refractivity contribution in [2.45, 2.75) is 6.42 Å². The number of rotatable bonds is 4. The lowest BCUT2D eigenvalue weighted by Gasteiger charge is -2.07. The number of hydrogen-bond acceptors (Lipinski definition) is 3. The average Bonchev–Trinajstić information content (AvgIpc) is 2.43. The van der Waals surface area contributed by atoms with Crippen LogP contribution in [0.15, 0.2) is 42.5 Å². The zero-order chi connectivity index (χ0) is 15.4. The zero-order valence-corrected chi connectivity index (χ0v) is 12.2. The van der Waals surface area contributed by atoms with Crippen molar-refractivity contribution in [2.24, 2.45) is 0 Å². The van der Waals surface area contributed by atoms with Crippen molar-refractivity contribution in [1.82, 2.24) is 0 Å². The van der Waals surface area contributed by atoms with Gasteiger partial charge in [-0.2, -0.15) is 0 Å². The summed E-state index contributed by atoms with van der Waals surface area (Å²) in [7, 11) is 0. The number of anilines is 1. The molecule has 0 aromatic heterocycles. The Kier molecular flexibility index (Phi) is 4.77. The molecule has 0 fully saturated rings. The molecule has 0 saturated carbocycles. The summed E-state index contributed by atoms with van der Waals surface area (Å²) in [4.78, 5) is 22.3. The molecule has 5 nitrogen and oxygen atoms in total. The normalized spacial score (nSPS) is 10.2. The Balaban J connectivity index is 2.21. The van der Waals surface area contributed by atoms with Crippen molar-refractivity contribution in [3.63, 3.8) is 0 Å². The van der Waals surface area contributed by atoms with Gasteiger partial charge in [0.15, 0.2) is 0 Å². The minimum atomic E-state index is -0.625. The van der Waals surface area contributed by atoms with E-state index in [4.69, 9.17) is 23.2 Å². The molecule has 0 aliphatic carbocycles. The highest BCUT2D eigenvalue weighted by molar-refractivity contribution is 6.42. The van der Waals surface area contributed by atoms with Crippen LogP contribution < -0.4 is 5.32 Å². The summed E-state index contributed by atoms with van der Waals surface area (Å²) in [5, 5.41) is 13.7. The first-order chi connectivity index (χ1) is 9.97. The van der Waals surface area contributed by atoms with E-state index in [1.54, 1.807) is 12.1 Å². The van der Waals surface area contributed by atoms with Gasteiger partial charge in [0.25, 0.3) is 5.69 Å². The van der Waals surface area contributed by atoms with Gasteiger partial charge < -0.3 is 5.32 Å². The van der Waals surface area contributed by atoms with Crippen LogP contribution in [-0.4, -0.2) is 10.8 Å². The molecular formula is C14H10Cl2N2O3. The van der Waals surface area contributed by atoms with Crippen LogP contribution in [0, 0.1) is 10.1 Å². The van der Waals surface area contributed by atoms with Crippen LogP contribution in [0.1, 0.15) is 5.56 Å². The third-order valence-electron chi connectivity index (χ3n) is 2.72. The molecule has 1 N–H and O–H groups in total. The summed E-state index contributed by atoms with van der Waals surface area (Å²) in [6.45, 7) is 0. The molecule has 0 atom stereocenters. The molecule has 0 radical (unpaired) electrons. The number of carbonyl (C=O) groups is 1. The fourth-order valence-electron chi connectivity index (χ4n) is 1.76. The summed E-state index contributed by atoms with van der Waals surface area (Å²) in [5.41, 5.74) is 0.527. The van der Waals surface area contributed by atoms with E-state index in [1.165, 1.54) is 6.07 Å². The van der Waals surface area contributed by atoms with Gasteiger partial charge >= 0.3 is 0 Å². The Labute approximate surface area is 130 Å². The molecule has 7 heteroatoms. The maximum Gasteiger partial charge on any atom is 0.294 e. The van der Waals surface area contributed by atoms with E-state index in [1.807, 2.05) is 18.2 Å². The quantitative estimate of drug-likeness (QED) is 0.680. The number of amides is 1. The van der Waals surface area contributed by atoms with Crippen molar-refractivity contribution in [3.8, 4) is 0 Å². The van der Waals surface area contributed by atoms with Gasteiger partial charge in [0, 0.05) is 6.07 Å². The Morgan fingerprint density at radius 2 is 1.76 bits per heavy atom. The minimum Gasteiger partial charge on any atom is -0.320 e. The minimum absolute atomic E-state index is 0.0235. The monoisotopic (exact) mass is 324 g/mol. The number of nitro groups is 1. The number of hydrogen-bond donors (Lipinski definition) is 1. The van der Waals surface area contributed by atoms with Crippen LogP contribution in [-0.2, 0) is 11.2 Å². The largest absolute Gasteiger partial charge is 0.320 e. The molecule has 21 heavy (non-hydrogen) atoms. The van der Waals surface area contributed by atoms with Gasteiger partial charge in [-0.15, -0.1) is 0 Å². The molecule has 0 bridgehead atoms. The van der Waals surface area contributed by atoms with Crippen molar-refractivity contribution >= 4 is 40.5 Å². The molecule has 1 amide bonds. The second kappa shape index (κ2) is 6.56. The molecule has 0 saturated heterocycles. The number of nitrogens with zero attached hydrogens (tertiary/aromatic N) is 1. The number of carbonyl (C=O) groups excluding carboxylic acids is 1. The van der Waals surface area contributed by atoms with E-state index in [0.717, 1.165) is 11.6 Å². The van der Waals surface area contributed by atoms with Gasteiger partial charge in [-0.3, -0.25) is 14.9 Å². The van der Waals surface area contributed by atoms with E-state index in [9.17, 15) is 14.9 Å². The molecule has 0 unspecified atom stereocenters. The van der Waals surface area contributed by atoms with Gasteiger partial charge in [-0.25, -0.2) is 0 Å². The average molecular weight is 325 g/mol. The van der Waals surface area contributed by atoms with Crippen molar-refractivity contribution < 1.29 is 9.72 Å². The zero-order valence-electron chi connectivity index (χ0n) is 10.7. The van der Waals surface area contributed by atoms with E-state index >= 15 is 0 Å². The summed E-state index contributed by atoms with van der Waals surface area (Å²) < 4.78 is 0. The van der Waals surface area contributed by atoms with Gasteiger partial charge in [-0.05, 0) is 11.6 Å². The fourth-order valence-corrected chi connectivity index (χ4v) is 2.08. The van der Waals surface area contributed by atoms with E-state index < -0.39 is 4.92 Å². The first-order valence-electron chi connectivity index (χ1n) is 5.94. The summed E-state index contributed by atoms with van der Waals surface area (Å²) >= 11 is 11.6. The Morgan fingerprint density at radius 3 is 2.38 bits per heavy atom. The van der Waals surface area contributed by atoms with E-state index in [2.05, 4.69) is 5.32 Å². The summed E-state index contributed by atoms with van der Waals surface area (Å²) in [6, 6.07) is 11.4. The second-order valence-electron chi connectivity index (χ2n) is 4.25. The standard InChI is InChI=1S/C14H10Cl2N2O3/c15-10-7-12(13(18(20)21)8-11(10)16)17-14(19)6-9-4-2-1-3-5-9/h1-5,7-8H,6H2,(H,17,19). The predicted molar refractivity (Wildman–Crippen MR) is 81.9 cm³/mol. The predicted octanol–water partition coefficient (Wildman–Crippen LogP) is 4.08. The molecular weight excluding hydrogens is 315 g/mol. The molecule has 2 aromatic carbocycles. The number of halogens is 2. The third-order valence-corrected chi connectivity index (χ3v) is 3.44. The molecule has 0 aliphatic heterocycles. The van der Waals surface area contributed by atoms with Crippen LogP contribution in [0.5, 0.6) is 0 Å². The topological polar surface area (TPSA) is 72.2 Å². The molecule has 2 aromatic rings. The second-order valence-corrected chi connectivity index (χ2v) is 5.07. The molecule has 0 aliphatic rings. The van der Waals surface area contributed by atoms with Gasteiger partial charge in [-0.1, -0.05) is 53.5 Å². The van der Waals surface area contributed by atoms with Gasteiger partial charge in [0.05, 0.1) is 21.4 Å². The maximum atomic E-state index is 11.9. The molecule has 108 valence electrons. The van der Waals surface area contributed by atoms with Crippen LogP contribution in [0.25, 0.3) is 0 Å². The lowest BCUT2D eigenvalue weighted by atomic mass is 10.1. The first kappa shape index (κ1) is 15.3. The van der Waals surface area contributed by atoms with Crippen LogP contribution in [0.3, 0.4) is 0 Å².